The van der Waals surface area contributed by atoms with Crippen molar-refractivity contribution >= 4 is 24.5 Å². The quantitative estimate of drug-likeness (QED) is 0.443. The van der Waals surface area contributed by atoms with Crippen LogP contribution in [0.5, 0.6) is 0 Å². The Kier molecular flexibility index (Phi) is 7.32. The van der Waals surface area contributed by atoms with Crippen molar-refractivity contribution in [2.45, 2.75) is 45.2 Å². The van der Waals surface area contributed by atoms with Gasteiger partial charge in [0.05, 0.1) is 0 Å². The minimum absolute atomic E-state index is 0.786. The number of benzene rings is 1. The van der Waals surface area contributed by atoms with E-state index >= 15 is 0 Å². The molecule has 0 aromatic heterocycles. The third kappa shape index (κ3) is 4.97. The largest absolute Gasteiger partial charge is 0.114 e. The Balaban J connectivity index is 2.61. The van der Waals surface area contributed by atoms with Crippen molar-refractivity contribution in [3.8, 4) is 0 Å². The summed E-state index contributed by atoms with van der Waals surface area (Å²) in [5, 5.41) is 0. The van der Waals surface area contributed by atoms with Crippen LogP contribution in [0.25, 0.3) is 0 Å². The van der Waals surface area contributed by atoms with Gasteiger partial charge in [0.25, 0.3) is 0 Å². The lowest BCUT2D eigenvalue weighted by molar-refractivity contribution is 0.769. The first-order chi connectivity index (χ1) is 7.77. The van der Waals surface area contributed by atoms with E-state index in [9.17, 15) is 0 Å². The molecule has 0 N–H and O–H groups in total. The maximum absolute atomic E-state index is 3.57. The molecule has 1 aromatic rings. The molecular weight excluding hydrogens is 279 g/mol. The van der Waals surface area contributed by atoms with Crippen LogP contribution in [-0.2, 0) is 0 Å². The Morgan fingerprint density at radius 3 is 2.69 bits per heavy atom. The van der Waals surface area contributed by atoms with Crippen molar-refractivity contribution in [2.24, 2.45) is 0 Å². The normalized spacial score (nSPS) is 13.4. The number of hydrogen-bond acceptors (Lipinski definition) is 0. The van der Waals surface area contributed by atoms with E-state index in [2.05, 4.69) is 54.0 Å². The Morgan fingerprint density at radius 1 is 1.25 bits per heavy atom. The summed E-state index contributed by atoms with van der Waals surface area (Å²) in [6, 6.07) is 8.84. The second-order valence-electron chi connectivity index (χ2n) is 4.20. The van der Waals surface area contributed by atoms with E-state index < -0.39 is 0 Å². The van der Waals surface area contributed by atoms with Gasteiger partial charge in [0.15, 0.2) is 0 Å². The van der Waals surface area contributed by atoms with Crippen LogP contribution in [0.3, 0.4) is 0 Å². The van der Waals surface area contributed by atoms with Gasteiger partial charge >= 0.3 is 0 Å². The highest BCUT2D eigenvalue weighted by Crippen LogP contribution is 2.39. The van der Waals surface area contributed by atoms with Crippen molar-refractivity contribution in [3.05, 3.63) is 34.3 Å². The number of hydrogen-bond donors (Lipinski definition) is 0. The van der Waals surface area contributed by atoms with Crippen molar-refractivity contribution in [3.63, 3.8) is 0 Å². The van der Waals surface area contributed by atoms with Crippen LogP contribution in [0, 0.1) is 0 Å². The standard InChI is InChI=1S/C14H22BrP/c1-3-5-10-16-14(7-4-2)12-8-6-9-13(15)11-12/h6,8-9,11,14,16H,3-5,7,10H2,1-2H3. The SMILES string of the molecule is CCCCPC(CCC)c1cccc(Br)c1. The van der Waals surface area contributed by atoms with Crippen molar-refractivity contribution in [1.29, 1.82) is 0 Å². The van der Waals surface area contributed by atoms with Gasteiger partial charge in [0, 0.05) is 10.1 Å². The zero-order valence-corrected chi connectivity index (χ0v) is 12.9. The average molecular weight is 301 g/mol. The third-order valence-corrected chi connectivity index (χ3v) is 5.00. The van der Waals surface area contributed by atoms with E-state index in [4.69, 9.17) is 0 Å². The second-order valence-corrected chi connectivity index (χ2v) is 6.72. The van der Waals surface area contributed by atoms with Crippen LogP contribution in [0.1, 0.15) is 50.8 Å². The molecule has 1 rings (SSSR count). The van der Waals surface area contributed by atoms with Crippen molar-refractivity contribution in [2.75, 3.05) is 6.16 Å². The van der Waals surface area contributed by atoms with E-state index in [0.717, 1.165) is 14.2 Å². The highest BCUT2D eigenvalue weighted by atomic mass is 79.9. The zero-order chi connectivity index (χ0) is 11.8. The van der Waals surface area contributed by atoms with E-state index in [1.54, 1.807) is 0 Å². The Hall–Kier alpha value is 0.130. The van der Waals surface area contributed by atoms with Gasteiger partial charge in [0.2, 0.25) is 0 Å². The second kappa shape index (κ2) is 8.25. The van der Waals surface area contributed by atoms with Crippen LogP contribution >= 0.6 is 24.5 Å². The lowest BCUT2D eigenvalue weighted by atomic mass is 10.1. The van der Waals surface area contributed by atoms with E-state index in [1.165, 1.54) is 41.9 Å². The number of halogens is 1. The predicted octanol–water partition coefficient (Wildman–Crippen LogP) is 5.77. The van der Waals surface area contributed by atoms with Gasteiger partial charge in [0.1, 0.15) is 0 Å². The highest BCUT2D eigenvalue weighted by Gasteiger charge is 2.10. The molecule has 2 atom stereocenters. The summed E-state index contributed by atoms with van der Waals surface area (Å²) >= 11 is 3.57. The first-order valence-electron chi connectivity index (χ1n) is 6.26. The molecule has 16 heavy (non-hydrogen) atoms. The lowest BCUT2D eigenvalue weighted by Gasteiger charge is -2.17. The van der Waals surface area contributed by atoms with Crippen LogP contribution in [0.15, 0.2) is 28.7 Å². The summed E-state index contributed by atoms with van der Waals surface area (Å²) in [4.78, 5) is 0. The number of rotatable bonds is 7. The van der Waals surface area contributed by atoms with Gasteiger partial charge in [-0.1, -0.05) is 54.8 Å². The fourth-order valence-corrected chi connectivity index (χ4v) is 4.08. The monoisotopic (exact) mass is 300 g/mol. The third-order valence-electron chi connectivity index (χ3n) is 2.75. The molecule has 0 saturated carbocycles. The van der Waals surface area contributed by atoms with Gasteiger partial charge in [-0.2, -0.15) is 0 Å². The maximum atomic E-state index is 3.57. The average Bonchev–Trinajstić information content (AvgIpc) is 2.28. The van der Waals surface area contributed by atoms with Gasteiger partial charge < -0.3 is 0 Å². The zero-order valence-electron chi connectivity index (χ0n) is 10.3. The molecule has 2 heteroatoms. The molecule has 2 unspecified atom stereocenters. The highest BCUT2D eigenvalue weighted by molar-refractivity contribution is 9.10. The van der Waals surface area contributed by atoms with Gasteiger partial charge in [-0.3, -0.25) is 0 Å². The van der Waals surface area contributed by atoms with Gasteiger partial charge in [-0.05, 0) is 36.7 Å². The summed E-state index contributed by atoms with van der Waals surface area (Å²) in [6.07, 6.45) is 6.72. The lowest BCUT2D eigenvalue weighted by Crippen LogP contribution is -1.93. The Bertz CT molecular complexity index is 299. The molecule has 0 nitrogen and oxygen atoms in total. The minimum atomic E-state index is 0.786. The van der Waals surface area contributed by atoms with Gasteiger partial charge in [-0.25, -0.2) is 0 Å². The molecule has 0 aliphatic heterocycles. The van der Waals surface area contributed by atoms with E-state index in [1.807, 2.05) is 0 Å². The molecule has 0 spiro atoms. The summed E-state index contributed by atoms with van der Waals surface area (Å²) < 4.78 is 1.21. The van der Waals surface area contributed by atoms with Crippen molar-refractivity contribution in [1.82, 2.24) is 0 Å². The molecular formula is C14H22BrP. The van der Waals surface area contributed by atoms with Crippen molar-refractivity contribution < 1.29 is 0 Å². The fraction of sp³-hybridized carbons (Fsp3) is 0.571. The van der Waals surface area contributed by atoms with Crippen LogP contribution in [0.2, 0.25) is 0 Å². The molecule has 0 aliphatic rings. The Labute approximate surface area is 110 Å². The molecule has 0 saturated heterocycles. The molecule has 0 aliphatic carbocycles. The maximum Gasteiger partial charge on any atom is 0.0178 e. The molecule has 0 fully saturated rings. The molecule has 0 amide bonds. The minimum Gasteiger partial charge on any atom is -0.114 e. The number of unbranched alkanes of at least 4 members (excludes halogenated alkanes) is 1. The molecule has 0 bridgehead atoms. The van der Waals surface area contributed by atoms with E-state index in [0.29, 0.717) is 0 Å². The predicted molar refractivity (Wildman–Crippen MR) is 79.9 cm³/mol. The molecule has 0 radical (unpaired) electrons. The summed E-state index contributed by atoms with van der Waals surface area (Å²) in [7, 11) is 1.09. The first kappa shape index (κ1) is 14.2. The van der Waals surface area contributed by atoms with Crippen LogP contribution in [-0.4, -0.2) is 6.16 Å². The molecule has 90 valence electrons. The molecule has 1 aromatic carbocycles. The first-order valence-corrected chi connectivity index (χ1v) is 8.34. The summed E-state index contributed by atoms with van der Waals surface area (Å²) in [6.45, 7) is 4.56. The smallest absolute Gasteiger partial charge is 0.0178 e. The van der Waals surface area contributed by atoms with Crippen LogP contribution < -0.4 is 0 Å². The van der Waals surface area contributed by atoms with Gasteiger partial charge in [-0.15, -0.1) is 8.58 Å². The fourth-order valence-electron chi connectivity index (χ4n) is 1.85. The molecule has 0 heterocycles. The topological polar surface area (TPSA) is 0 Å². The Morgan fingerprint density at radius 2 is 2.06 bits per heavy atom. The summed E-state index contributed by atoms with van der Waals surface area (Å²) in [5.41, 5.74) is 2.31. The summed E-state index contributed by atoms with van der Waals surface area (Å²) in [5.74, 6) is 0. The van der Waals surface area contributed by atoms with Crippen LogP contribution in [0.4, 0.5) is 0 Å². The van der Waals surface area contributed by atoms with E-state index in [-0.39, 0.29) is 0 Å².